The highest BCUT2D eigenvalue weighted by Crippen LogP contribution is 2.28. The number of unbranched alkanes of at least 4 members (excludes halogenated alkanes) is 4. The molecule has 3 rings (SSSR count). The molecule has 0 unspecified atom stereocenters. The van der Waals surface area contributed by atoms with Gasteiger partial charge in [-0.25, -0.2) is 4.98 Å². The number of carbonyl (C=O) groups excluding carboxylic acids is 1. The summed E-state index contributed by atoms with van der Waals surface area (Å²) >= 11 is 0. The molecule has 1 aromatic carbocycles. The molecule has 0 radical (unpaired) electrons. The molecular formula is C21H31N3O. The number of aryl methyl sites for hydroxylation is 2. The highest BCUT2D eigenvalue weighted by Gasteiger charge is 2.28. The Morgan fingerprint density at radius 3 is 2.80 bits per heavy atom. The van der Waals surface area contributed by atoms with Gasteiger partial charge in [0, 0.05) is 25.4 Å². The van der Waals surface area contributed by atoms with Crippen LogP contribution in [0.15, 0.2) is 24.3 Å². The van der Waals surface area contributed by atoms with Gasteiger partial charge >= 0.3 is 0 Å². The van der Waals surface area contributed by atoms with Gasteiger partial charge in [-0.2, -0.15) is 0 Å². The van der Waals surface area contributed by atoms with E-state index in [1.807, 2.05) is 0 Å². The van der Waals surface area contributed by atoms with E-state index < -0.39 is 0 Å². The van der Waals surface area contributed by atoms with E-state index in [2.05, 4.69) is 41.1 Å². The Labute approximate surface area is 151 Å². The molecule has 1 aliphatic rings. The van der Waals surface area contributed by atoms with Crippen molar-refractivity contribution in [2.24, 2.45) is 5.92 Å². The van der Waals surface area contributed by atoms with Crippen LogP contribution in [-0.2, 0) is 17.8 Å². The van der Waals surface area contributed by atoms with Gasteiger partial charge in [0.25, 0.3) is 0 Å². The molecule has 0 saturated heterocycles. The Morgan fingerprint density at radius 2 is 2.00 bits per heavy atom. The monoisotopic (exact) mass is 341 g/mol. The van der Waals surface area contributed by atoms with Crippen molar-refractivity contribution in [2.45, 2.75) is 71.3 Å². The molecule has 4 nitrogen and oxygen atoms in total. The molecule has 136 valence electrons. The zero-order valence-electron chi connectivity index (χ0n) is 15.5. The lowest BCUT2D eigenvalue weighted by Crippen LogP contribution is -2.25. The molecule has 25 heavy (non-hydrogen) atoms. The first kappa shape index (κ1) is 18.0. The van der Waals surface area contributed by atoms with Crippen molar-refractivity contribution in [2.75, 3.05) is 6.54 Å². The second kappa shape index (κ2) is 9.02. The molecule has 1 fully saturated rings. The molecule has 4 heteroatoms. The third kappa shape index (κ3) is 5.07. The second-order valence-electron chi connectivity index (χ2n) is 7.25. The standard InChI is InChI=1S/C21H31N3O/c1-2-3-9-16-24-19-11-7-6-10-18(19)23-20(24)12-5-4-8-15-22-21(25)17-13-14-17/h6-7,10-11,17H,2-5,8-9,12-16H2,1H3,(H,22,25). The van der Waals surface area contributed by atoms with Crippen LogP contribution in [0.5, 0.6) is 0 Å². The Bertz CT molecular complexity index is 688. The van der Waals surface area contributed by atoms with Crippen LogP contribution in [0.2, 0.25) is 0 Å². The van der Waals surface area contributed by atoms with Gasteiger partial charge in [0.1, 0.15) is 5.82 Å². The lowest BCUT2D eigenvalue weighted by atomic mass is 10.2. The molecule has 1 amide bonds. The zero-order valence-corrected chi connectivity index (χ0v) is 15.5. The number of nitrogens with zero attached hydrogens (tertiary/aromatic N) is 2. The van der Waals surface area contributed by atoms with E-state index in [-0.39, 0.29) is 5.91 Å². The molecular weight excluding hydrogens is 310 g/mol. The van der Waals surface area contributed by atoms with Crippen LogP contribution in [0.25, 0.3) is 11.0 Å². The van der Waals surface area contributed by atoms with E-state index in [0.717, 1.165) is 57.1 Å². The van der Waals surface area contributed by atoms with Crippen LogP contribution < -0.4 is 5.32 Å². The van der Waals surface area contributed by atoms with E-state index >= 15 is 0 Å². The van der Waals surface area contributed by atoms with Gasteiger partial charge in [-0.3, -0.25) is 4.79 Å². The fourth-order valence-corrected chi connectivity index (χ4v) is 3.37. The number of fused-ring (bicyclic) bond motifs is 1. The molecule has 0 bridgehead atoms. The number of nitrogens with one attached hydrogen (secondary N) is 1. The quantitative estimate of drug-likeness (QED) is 0.613. The van der Waals surface area contributed by atoms with Crippen molar-refractivity contribution in [1.29, 1.82) is 0 Å². The first-order valence-corrected chi connectivity index (χ1v) is 10.0. The average Bonchev–Trinajstić information content (AvgIpc) is 3.42. The van der Waals surface area contributed by atoms with Crippen molar-refractivity contribution in [3.05, 3.63) is 30.1 Å². The maximum Gasteiger partial charge on any atom is 0.223 e. The number of hydrogen-bond acceptors (Lipinski definition) is 2. The summed E-state index contributed by atoms with van der Waals surface area (Å²) in [6, 6.07) is 8.47. The lowest BCUT2D eigenvalue weighted by molar-refractivity contribution is -0.122. The fourth-order valence-electron chi connectivity index (χ4n) is 3.37. The summed E-state index contributed by atoms with van der Waals surface area (Å²) in [6.07, 6.45) is 10.3. The second-order valence-corrected chi connectivity index (χ2v) is 7.25. The average molecular weight is 341 g/mol. The number of imidazole rings is 1. The van der Waals surface area contributed by atoms with Gasteiger partial charge in [0.05, 0.1) is 11.0 Å². The van der Waals surface area contributed by atoms with Crippen molar-refractivity contribution in [1.82, 2.24) is 14.9 Å². The number of amides is 1. The predicted molar refractivity (Wildman–Crippen MR) is 103 cm³/mol. The number of rotatable bonds is 11. The van der Waals surface area contributed by atoms with Gasteiger partial charge in [0.15, 0.2) is 0 Å². The van der Waals surface area contributed by atoms with Crippen LogP contribution >= 0.6 is 0 Å². The summed E-state index contributed by atoms with van der Waals surface area (Å²) in [4.78, 5) is 16.5. The van der Waals surface area contributed by atoms with Crippen molar-refractivity contribution >= 4 is 16.9 Å². The van der Waals surface area contributed by atoms with Gasteiger partial charge in [-0.1, -0.05) is 38.3 Å². The van der Waals surface area contributed by atoms with Gasteiger partial charge in [0.2, 0.25) is 5.91 Å². The van der Waals surface area contributed by atoms with Crippen LogP contribution in [-0.4, -0.2) is 22.0 Å². The first-order valence-electron chi connectivity index (χ1n) is 10.0. The molecule has 1 aliphatic carbocycles. The third-order valence-corrected chi connectivity index (χ3v) is 5.04. The van der Waals surface area contributed by atoms with Crippen molar-refractivity contribution in [3.63, 3.8) is 0 Å². The summed E-state index contributed by atoms with van der Waals surface area (Å²) in [7, 11) is 0. The van der Waals surface area contributed by atoms with Gasteiger partial charge in [-0.15, -0.1) is 0 Å². The van der Waals surface area contributed by atoms with Crippen molar-refractivity contribution in [3.8, 4) is 0 Å². The number of hydrogen-bond donors (Lipinski definition) is 1. The normalized spacial score (nSPS) is 14.1. The van der Waals surface area contributed by atoms with Crippen LogP contribution in [0.4, 0.5) is 0 Å². The molecule has 0 atom stereocenters. The summed E-state index contributed by atoms with van der Waals surface area (Å²) in [6.45, 7) is 4.14. The molecule has 1 heterocycles. The largest absolute Gasteiger partial charge is 0.356 e. The summed E-state index contributed by atoms with van der Waals surface area (Å²) in [5.41, 5.74) is 2.39. The Balaban J connectivity index is 1.47. The maximum absolute atomic E-state index is 11.6. The minimum atomic E-state index is 0.262. The minimum Gasteiger partial charge on any atom is -0.356 e. The molecule has 0 aliphatic heterocycles. The minimum absolute atomic E-state index is 0.262. The molecule has 1 saturated carbocycles. The number of aromatic nitrogens is 2. The Kier molecular flexibility index (Phi) is 6.48. The van der Waals surface area contributed by atoms with Crippen LogP contribution in [0, 0.1) is 5.92 Å². The highest BCUT2D eigenvalue weighted by atomic mass is 16.2. The maximum atomic E-state index is 11.6. The van der Waals surface area contributed by atoms with E-state index in [1.54, 1.807) is 0 Å². The molecule has 1 aromatic heterocycles. The first-order chi connectivity index (χ1) is 12.3. The summed E-state index contributed by atoms with van der Waals surface area (Å²) in [5, 5.41) is 3.05. The van der Waals surface area contributed by atoms with E-state index in [4.69, 9.17) is 4.98 Å². The van der Waals surface area contributed by atoms with Crippen LogP contribution in [0.1, 0.15) is 64.1 Å². The third-order valence-electron chi connectivity index (χ3n) is 5.04. The number of benzene rings is 1. The van der Waals surface area contributed by atoms with Crippen molar-refractivity contribution < 1.29 is 4.79 Å². The Hall–Kier alpha value is -1.84. The number of carbonyl (C=O) groups is 1. The van der Waals surface area contributed by atoms with Crippen LogP contribution in [0.3, 0.4) is 0 Å². The molecule has 1 N–H and O–H groups in total. The topological polar surface area (TPSA) is 46.9 Å². The van der Waals surface area contributed by atoms with E-state index in [9.17, 15) is 4.79 Å². The predicted octanol–water partition coefficient (Wildman–Crippen LogP) is 4.47. The highest BCUT2D eigenvalue weighted by molar-refractivity contribution is 5.80. The summed E-state index contributed by atoms with van der Waals surface area (Å²) in [5.74, 6) is 1.81. The molecule has 2 aromatic rings. The van der Waals surface area contributed by atoms with E-state index in [1.165, 1.54) is 30.6 Å². The fraction of sp³-hybridized carbons (Fsp3) is 0.619. The Morgan fingerprint density at radius 1 is 1.16 bits per heavy atom. The summed E-state index contributed by atoms with van der Waals surface area (Å²) < 4.78 is 2.42. The van der Waals surface area contributed by atoms with Gasteiger partial charge in [-0.05, 0) is 44.2 Å². The SMILES string of the molecule is CCCCCn1c(CCCCCNC(=O)C2CC2)nc2ccccc21. The lowest BCUT2D eigenvalue weighted by Gasteiger charge is -2.09. The number of para-hydroxylation sites is 2. The smallest absolute Gasteiger partial charge is 0.223 e. The zero-order chi connectivity index (χ0) is 17.5. The molecule has 0 spiro atoms. The van der Waals surface area contributed by atoms with E-state index in [0.29, 0.717) is 5.92 Å². The van der Waals surface area contributed by atoms with Gasteiger partial charge < -0.3 is 9.88 Å².